The molecule has 0 aromatic rings. The number of carboxylic acid groups (broad SMARTS) is 1. The number of aliphatic carboxylic acids is 1. The lowest BCUT2D eigenvalue weighted by atomic mass is 9.83. The van der Waals surface area contributed by atoms with Crippen LogP contribution < -0.4 is 5.73 Å². The van der Waals surface area contributed by atoms with Gasteiger partial charge < -0.3 is 60.1 Å². The molecule has 3 fully saturated rings. The number of fused-ring (bicyclic) bond motifs is 10. The molecule has 0 aromatic heterocycles. The molecule has 0 aromatic carbocycles. The third kappa shape index (κ3) is 9.27. The molecule has 3 saturated heterocycles. The molecule has 5 heterocycles. The molecule has 4 bridgehead atoms. The molecule has 6 aliphatic rings. The number of esters is 1. The Morgan fingerprint density at radius 2 is 1.73 bits per heavy atom. The summed E-state index contributed by atoms with van der Waals surface area (Å²) in [5.74, 6) is -5.41. The first-order valence-electron chi connectivity index (χ1n) is 16.4. The molecule has 14 atom stereocenters. The van der Waals surface area contributed by atoms with Gasteiger partial charge in [0.25, 0.3) is 0 Å². The number of nitrogens with two attached hydrogens (primary N) is 1. The Morgan fingerprint density at radius 3 is 2.46 bits per heavy atom. The van der Waals surface area contributed by atoms with Gasteiger partial charge in [0.15, 0.2) is 12.1 Å². The fourth-order valence-corrected chi connectivity index (χ4v) is 6.58. The first-order chi connectivity index (χ1) is 22.7. The Balaban J connectivity index is 1.39. The molecule has 0 radical (unpaired) electrons. The minimum atomic E-state index is -2.10. The average molecular weight is 678 g/mol. The van der Waals surface area contributed by atoms with Crippen LogP contribution in [0.25, 0.3) is 0 Å². The van der Waals surface area contributed by atoms with Gasteiger partial charge in [0.2, 0.25) is 0 Å². The summed E-state index contributed by atoms with van der Waals surface area (Å²) in [6, 6.07) is -1.07. The van der Waals surface area contributed by atoms with Crippen LogP contribution in [0, 0.1) is 5.92 Å². The number of rotatable bonds is 3. The number of carbonyl (C=O) groups excluding carboxylic acids is 1. The molecular weight excluding hydrogens is 630 g/mol. The molecule has 8 N–H and O–H groups in total. The third-order valence-electron chi connectivity index (χ3n) is 9.33. The Bertz CT molecular complexity index is 1330. The number of hydrogen-bond acceptors (Lipinski definition) is 13. The SMILES string of the molecule is CC1CC=C2C=C(/C=C/C=C/C(O[C@@H]3O[C@H](C)[C@@H](O)[C@H](N)[C@@H]3O)CC3OC(O)(CC(O)CC4OC4/C=C\C(=O)O1)CC(O)C3C(=O)O)C2. The van der Waals surface area contributed by atoms with Crippen molar-refractivity contribution in [3.63, 3.8) is 0 Å². The Hall–Kier alpha value is -2.76. The van der Waals surface area contributed by atoms with Crippen LogP contribution in [0.4, 0.5) is 0 Å². The molecule has 0 spiro atoms. The second-order valence-corrected chi connectivity index (χ2v) is 13.4. The Morgan fingerprint density at radius 1 is 0.979 bits per heavy atom. The maximum atomic E-state index is 12.3. The highest BCUT2D eigenvalue weighted by Crippen LogP contribution is 2.39. The summed E-state index contributed by atoms with van der Waals surface area (Å²) < 4.78 is 28.7. The van der Waals surface area contributed by atoms with Gasteiger partial charge in [0, 0.05) is 38.2 Å². The zero-order valence-electron chi connectivity index (χ0n) is 27.0. The summed E-state index contributed by atoms with van der Waals surface area (Å²) in [5, 5.41) is 64.1. The van der Waals surface area contributed by atoms with Gasteiger partial charge in [-0.25, -0.2) is 4.79 Å². The minimum absolute atomic E-state index is 0.0837. The van der Waals surface area contributed by atoms with E-state index in [2.05, 4.69) is 0 Å². The lowest BCUT2D eigenvalue weighted by Crippen LogP contribution is -2.61. The van der Waals surface area contributed by atoms with Crippen LogP contribution in [0.5, 0.6) is 0 Å². The van der Waals surface area contributed by atoms with E-state index in [-0.39, 0.29) is 25.4 Å². The van der Waals surface area contributed by atoms with Gasteiger partial charge in [-0.15, -0.1) is 0 Å². The molecular formula is C34H47NO13. The van der Waals surface area contributed by atoms with Gasteiger partial charge in [0.05, 0.1) is 48.8 Å². The highest BCUT2D eigenvalue weighted by molar-refractivity contribution is 5.82. The van der Waals surface area contributed by atoms with Gasteiger partial charge in [0.1, 0.15) is 24.2 Å². The number of aliphatic hydroxyl groups is 5. The van der Waals surface area contributed by atoms with E-state index in [1.165, 1.54) is 6.08 Å². The second-order valence-electron chi connectivity index (χ2n) is 13.4. The fraction of sp³-hybridized carbons (Fsp3) is 0.647. The molecule has 14 heteroatoms. The maximum Gasteiger partial charge on any atom is 0.330 e. The summed E-state index contributed by atoms with van der Waals surface area (Å²) in [5.41, 5.74) is 8.13. The van der Waals surface area contributed by atoms with E-state index in [9.17, 15) is 40.2 Å². The van der Waals surface area contributed by atoms with Crippen molar-refractivity contribution in [1.82, 2.24) is 0 Å². The molecule has 266 valence electrons. The van der Waals surface area contributed by atoms with Crippen LogP contribution >= 0.6 is 0 Å². The van der Waals surface area contributed by atoms with Gasteiger partial charge in [-0.1, -0.05) is 36.5 Å². The smallest absolute Gasteiger partial charge is 0.330 e. The zero-order chi connectivity index (χ0) is 34.7. The molecule has 6 rings (SSSR count). The Labute approximate surface area is 278 Å². The van der Waals surface area contributed by atoms with E-state index < -0.39 is 97.3 Å². The minimum Gasteiger partial charge on any atom is -0.481 e. The summed E-state index contributed by atoms with van der Waals surface area (Å²) >= 11 is 0. The number of carboxylic acids is 1. The van der Waals surface area contributed by atoms with Crippen LogP contribution in [0.2, 0.25) is 0 Å². The monoisotopic (exact) mass is 677 g/mol. The lowest BCUT2D eigenvalue weighted by molar-refractivity contribution is -0.308. The first kappa shape index (κ1) is 36.5. The molecule has 1 aliphatic carbocycles. The van der Waals surface area contributed by atoms with Crippen molar-refractivity contribution in [2.45, 2.75) is 132 Å². The van der Waals surface area contributed by atoms with Crippen LogP contribution in [0.3, 0.4) is 0 Å². The van der Waals surface area contributed by atoms with Crippen molar-refractivity contribution in [1.29, 1.82) is 0 Å². The second kappa shape index (κ2) is 15.4. The van der Waals surface area contributed by atoms with Crippen molar-refractivity contribution in [3.8, 4) is 0 Å². The fourth-order valence-electron chi connectivity index (χ4n) is 6.58. The van der Waals surface area contributed by atoms with E-state index in [4.69, 9.17) is 29.4 Å². The van der Waals surface area contributed by atoms with Crippen molar-refractivity contribution in [2.24, 2.45) is 11.7 Å². The standard InChI is InChI=1S/C34H47NO13/c1-17-7-8-20-11-19(12-20)5-3-4-6-22(46-33-31(40)29(35)30(39)18(2)45-33)14-26-28(32(41)42)23(37)16-34(43,48-26)15-21(36)13-25-24(47-25)9-10-27(38)44-17/h3-6,8-11,17-18,21-26,28-31,33,36-37,39-40,43H,7,12-16,35H2,1-2H3,(H,41,42)/b5-3+,6-4+,10-9-,20-8?/t17?,18-,21?,22?,23?,24?,25?,26?,28?,29+,30-,31+,33+,34?/m1/s1. The van der Waals surface area contributed by atoms with Gasteiger partial charge in [-0.05, 0) is 37.5 Å². The predicted octanol–water partition coefficient (Wildman–Crippen LogP) is 0.264. The van der Waals surface area contributed by atoms with E-state index in [1.54, 1.807) is 38.2 Å². The van der Waals surface area contributed by atoms with Crippen LogP contribution in [0.15, 0.2) is 59.8 Å². The quantitative estimate of drug-likeness (QED) is 0.157. The number of aliphatic hydroxyl groups excluding tert-OH is 4. The van der Waals surface area contributed by atoms with Crippen molar-refractivity contribution < 1.29 is 63.9 Å². The Kier molecular flexibility index (Phi) is 11.7. The summed E-state index contributed by atoms with van der Waals surface area (Å²) in [7, 11) is 0. The van der Waals surface area contributed by atoms with E-state index >= 15 is 0 Å². The average Bonchev–Trinajstić information content (AvgIpc) is 3.71. The van der Waals surface area contributed by atoms with Gasteiger partial charge in [-0.2, -0.15) is 0 Å². The number of allylic oxidation sites excluding steroid dienone is 6. The molecule has 0 amide bonds. The largest absolute Gasteiger partial charge is 0.481 e. The van der Waals surface area contributed by atoms with Gasteiger partial charge >= 0.3 is 11.9 Å². The number of epoxide rings is 1. The highest BCUT2D eigenvalue weighted by atomic mass is 16.7. The summed E-state index contributed by atoms with van der Waals surface area (Å²) in [6.07, 6.45) is 3.31. The van der Waals surface area contributed by atoms with Crippen molar-refractivity contribution in [2.75, 3.05) is 0 Å². The molecule has 5 aliphatic heterocycles. The topological polar surface area (TPSA) is 231 Å². The molecule has 9 unspecified atom stereocenters. The summed E-state index contributed by atoms with van der Waals surface area (Å²) in [4.78, 5) is 24.6. The van der Waals surface area contributed by atoms with Crippen molar-refractivity contribution in [3.05, 3.63) is 59.8 Å². The molecule has 48 heavy (non-hydrogen) atoms. The normalized spacial score (nSPS) is 46.2. The highest BCUT2D eigenvalue weighted by Gasteiger charge is 2.51. The van der Waals surface area contributed by atoms with Crippen LogP contribution in [-0.2, 0) is 33.3 Å². The maximum absolute atomic E-state index is 12.3. The predicted molar refractivity (Wildman–Crippen MR) is 168 cm³/mol. The van der Waals surface area contributed by atoms with Gasteiger partial charge in [-0.3, -0.25) is 4.79 Å². The first-order valence-corrected chi connectivity index (χ1v) is 16.4. The number of carbonyl (C=O) groups is 2. The molecule has 14 nitrogen and oxygen atoms in total. The van der Waals surface area contributed by atoms with E-state index in [0.717, 1.165) is 11.1 Å². The van der Waals surface area contributed by atoms with Crippen LogP contribution in [-0.4, -0.2) is 122 Å². The molecule has 0 saturated carbocycles. The zero-order valence-corrected chi connectivity index (χ0v) is 27.0. The number of ether oxygens (including phenoxy) is 5. The van der Waals surface area contributed by atoms with Crippen LogP contribution in [0.1, 0.15) is 52.4 Å². The van der Waals surface area contributed by atoms with E-state index in [1.807, 2.05) is 18.2 Å². The number of hydrogen-bond donors (Lipinski definition) is 7. The third-order valence-corrected chi connectivity index (χ3v) is 9.33. The van der Waals surface area contributed by atoms with E-state index in [0.29, 0.717) is 12.8 Å². The van der Waals surface area contributed by atoms with Crippen molar-refractivity contribution >= 4 is 11.9 Å². The summed E-state index contributed by atoms with van der Waals surface area (Å²) in [6.45, 7) is 3.38. The lowest BCUT2D eigenvalue weighted by Gasteiger charge is -2.45.